The predicted molar refractivity (Wildman–Crippen MR) is 110 cm³/mol. The number of benzene rings is 3. The van der Waals surface area contributed by atoms with Crippen LogP contribution in [0.4, 0.5) is 17.1 Å². The van der Waals surface area contributed by atoms with Crippen molar-refractivity contribution < 1.29 is 19.4 Å². The van der Waals surface area contributed by atoms with E-state index in [2.05, 4.69) is 5.32 Å². The molecule has 0 saturated heterocycles. The van der Waals surface area contributed by atoms with Gasteiger partial charge < -0.3 is 10.1 Å². The minimum absolute atomic E-state index is 0.00817. The summed E-state index contributed by atoms with van der Waals surface area (Å²) in [5, 5.41) is 25.0. The summed E-state index contributed by atoms with van der Waals surface area (Å²) < 4.78 is 5.53. The van der Waals surface area contributed by atoms with Crippen LogP contribution in [0, 0.1) is 27.2 Å². The highest BCUT2D eigenvalue weighted by Crippen LogP contribution is 2.33. The van der Waals surface area contributed by atoms with Crippen molar-refractivity contribution in [3.8, 4) is 11.5 Å². The number of carbonyl (C=O) groups is 1. The zero-order chi connectivity index (χ0) is 21.8. The maximum atomic E-state index is 12.5. The molecule has 0 bridgehead atoms. The summed E-state index contributed by atoms with van der Waals surface area (Å²) in [5.41, 5.74) is 0.558. The third-order valence-electron chi connectivity index (χ3n) is 4.21. The number of hydrogen-bond donors (Lipinski definition) is 1. The maximum Gasteiger partial charge on any atom is 0.313 e. The van der Waals surface area contributed by atoms with Crippen molar-refractivity contribution >= 4 is 34.6 Å². The number of amides is 1. The van der Waals surface area contributed by atoms with Gasteiger partial charge in [-0.3, -0.25) is 25.0 Å². The van der Waals surface area contributed by atoms with Gasteiger partial charge in [-0.15, -0.1) is 0 Å². The van der Waals surface area contributed by atoms with Gasteiger partial charge in [0.25, 0.3) is 11.6 Å². The fourth-order valence-electron chi connectivity index (χ4n) is 2.67. The van der Waals surface area contributed by atoms with E-state index in [0.29, 0.717) is 11.3 Å². The first kappa shape index (κ1) is 20.7. The fraction of sp³-hybridized carbons (Fsp3) is 0.0500. The Hall–Kier alpha value is -3.98. The molecule has 1 amide bonds. The van der Waals surface area contributed by atoms with Crippen molar-refractivity contribution in [2.75, 3.05) is 5.32 Å². The van der Waals surface area contributed by atoms with Crippen molar-refractivity contribution in [2.24, 2.45) is 0 Å². The van der Waals surface area contributed by atoms with Crippen LogP contribution in [0.25, 0.3) is 0 Å². The number of ether oxygens (including phenoxy) is 1. The Balaban J connectivity index is 1.77. The Morgan fingerprint density at radius 2 is 1.63 bits per heavy atom. The first-order chi connectivity index (χ1) is 14.3. The second-order valence-electron chi connectivity index (χ2n) is 6.16. The largest absolute Gasteiger partial charge is 0.450 e. The molecule has 0 unspecified atom stereocenters. The van der Waals surface area contributed by atoms with Gasteiger partial charge in [-0.1, -0.05) is 17.7 Å². The molecule has 0 fully saturated rings. The van der Waals surface area contributed by atoms with Crippen LogP contribution in [0.5, 0.6) is 11.5 Å². The van der Waals surface area contributed by atoms with Crippen LogP contribution in [-0.2, 0) is 0 Å². The highest BCUT2D eigenvalue weighted by Gasteiger charge is 2.18. The molecule has 3 rings (SSSR count). The summed E-state index contributed by atoms with van der Waals surface area (Å²) in [6.45, 7) is 1.55. The van der Waals surface area contributed by atoms with Gasteiger partial charge in [0.15, 0.2) is 0 Å². The third kappa shape index (κ3) is 4.53. The van der Waals surface area contributed by atoms with Crippen molar-refractivity contribution in [3.63, 3.8) is 0 Å². The second kappa shape index (κ2) is 8.58. The number of nitro benzene ring substituents is 2. The highest BCUT2D eigenvalue weighted by atomic mass is 35.5. The lowest BCUT2D eigenvalue weighted by Crippen LogP contribution is -2.13. The molecule has 0 spiro atoms. The lowest BCUT2D eigenvalue weighted by Gasteiger charge is -2.10. The average molecular weight is 428 g/mol. The fourth-order valence-corrected chi connectivity index (χ4v) is 2.84. The standard InChI is InChI=1S/C20H14ClN3O6/c1-12-16(3-2-4-17(12)23(26)27)22-20(25)13-5-8-15(9-6-13)30-19-10-7-14(21)11-18(19)24(28)29/h2-11H,1H3,(H,22,25). The SMILES string of the molecule is Cc1c(NC(=O)c2ccc(Oc3ccc(Cl)cc3[N+](=O)[O-])cc2)cccc1[N+](=O)[O-]. The van der Waals surface area contributed by atoms with Gasteiger partial charge in [0.05, 0.1) is 21.1 Å². The van der Waals surface area contributed by atoms with Crippen molar-refractivity contribution in [1.29, 1.82) is 0 Å². The summed E-state index contributed by atoms with van der Waals surface area (Å²) in [5.74, 6) is -0.181. The Labute approximate surface area is 175 Å². The smallest absolute Gasteiger partial charge is 0.313 e. The number of nitrogens with one attached hydrogen (secondary N) is 1. The Bertz CT molecular complexity index is 1150. The monoisotopic (exact) mass is 427 g/mol. The van der Waals surface area contributed by atoms with Crippen LogP contribution in [0.15, 0.2) is 60.7 Å². The summed E-state index contributed by atoms with van der Waals surface area (Å²) in [4.78, 5) is 33.5. The lowest BCUT2D eigenvalue weighted by molar-refractivity contribution is -0.385. The molecule has 3 aromatic rings. The molecule has 0 aliphatic heterocycles. The lowest BCUT2D eigenvalue weighted by atomic mass is 10.1. The number of carbonyl (C=O) groups excluding carboxylic acids is 1. The van der Waals surface area contributed by atoms with Crippen LogP contribution in [-0.4, -0.2) is 15.8 Å². The minimum Gasteiger partial charge on any atom is -0.450 e. The van der Waals surface area contributed by atoms with Crippen LogP contribution < -0.4 is 10.1 Å². The highest BCUT2D eigenvalue weighted by molar-refractivity contribution is 6.30. The van der Waals surface area contributed by atoms with Gasteiger partial charge in [-0.25, -0.2) is 0 Å². The molecule has 3 aromatic carbocycles. The molecule has 0 saturated carbocycles. The normalized spacial score (nSPS) is 10.3. The first-order valence-electron chi connectivity index (χ1n) is 8.53. The van der Waals surface area contributed by atoms with Crippen LogP contribution in [0.3, 0.4) is 0 Å². The topological polar surface area (TPSA) is 125 Å². The molecule has 1 N–H and O–H groups in total. The van der Waals surface area contributed by atoms with E-state index in [1.165, 1.54) is 54.6 Å². The van der Waals surface area contributed by atoms with Crippen molar-refractivity contribution in [3.05, 3.63) is 97.0 Å². The molecule has 0 heterocycles. The number of halogens is 1. The number of nitro groups is 2. The summed E-state index contributed by atoms with van der Waals surface area (Å²) in [7, 11) is 0. The number of nitrogens with zero attached hydrogens (tertiary/aromatic N) is 2. The Kier molecular flexibility index (Phi) is 5.93. The molecular weight excluding hydrogens is 414 g/mol. The van der Waals surface area contributed by atoms with E-state index in [4.69, 9.17) is 16.3 Å². The van der Waals surface area contributed by atoms with Gasteiger partial charge in [-0.05, 0) is 49.4 Å². The van der Waals surface area contributed by atoms with E-state index in [0.717, 1.165) is 0 Å². The zero-order valence-electron chi connectivity index (χ0n) is 15.5. The van der Waals surface area contributed by atoms with E-state index >= 15 is 0 Å². The second-order valence-corrected chi connectivity index (χ2v) is 6.59. The minimum atomic E-state index is -0.607. The summed E-state index contributed by atoms with van der Waals surface area (Å²) in [6.07, 6.45) is 0. The molecule has 0 aliphatic rings. The van der Waals surface area contributed by atoms with Gasteiger partial charge >= 0.3 is 5.69 Å². The Morgan fingerprint density at radius 1 is 0.967 bits per heavy atom. The van der Waals surface area contributed by atoms with Gasteiger partial charge in [-0.2, -0.15) is 0 Å². The third-order valence-corrected chi connectivity index (χ3v) is 4.45. The molecule has 0 aliphatic carbocycles. The van der Waals surface area contributed by atoms with Crippen LogP contribution in [0.2, 0.25) is 5.02 Å². The molecule has 0 radical (unpaired) electrons. The van der Waals surface area contributed by atoms with Gasteiger partial charge in [0, 0.05) is 22.7 Å². The molecule has 152 valence electrons. The molecule has 9 nitrogen and oxygen atoms in total. The first-order valence-corrected chi connectivity index (χ1v) is 8.91. The molecule has 30 heavy (non-hydrogen) atoms. The van der Waals surface area contributed by atoms with E-state index in [9.17, 15) is 25.0 Å². The number of rotatable bonds is 6. The van der Waals surface area contributed by atoms with E-state index in [1.54, 1.807) is 13.0 Å². The number of anilines is 1. The van der Waals surface area contributed by atoms with Crippen molar-refractivity contribution in [1.82, 2.24) is 0 Å². The number of hydrogen-bond acceptors (Lipinski definition) is 6. The van der Waals surface area contributed by atoms with E-state index in [1.807, 2.05) is 0 Å². The Morgan fingerprint density at radius 3 is 2.27 bits per heavy atom. The average Bonchev–Trinajstić information content (AvgIpc) is 2.71. The van der Waals surface area contributed by atoms with Gasteiger partial charge in [0.2, 0.25) is 5.75 Å². The van der Waals surface area contributed by atoms with E-state index < -0.39 is 15.8 Å². The van der Waals surface area contributed by atoms with Crippen LogP contribution >= 0.6 is 11.6 Å². The quantitative estimate of drug-likeness (QED) is 0.408. The molecule has 0 aromatic heterocycles. The van der Waals surface area contributed by atoms with E-state index in [-0.39, 0.29) is 33.5 Å². The van der Waals surface area contributed by atoms with Gasteiger partial charge in [0.1, 0.15) is 5.75 Å². The summed E-state index contributed by atoms with van der Waals surface area (Å²) >= 11 is 5.78. The molecule has 0 atom stereocenters. The van der Waals surface area contributed by atoms with Crippen molar-refractivity contribution in [2.45, 2.75) is 6.92 Å². The maximum absolute atomic E-state index is 12.5. The molecule has 10 heteroatoms. The predicted octanol–water partition coefficient (Wildman–Crippen LogP) is 5.51. The summed E-state index contributed by atoms with van der Waals surface area (Å²) in [6, 6.07) is 14.3. The molecular formula is C20H14ClN3O6. The van der Waals surface area contributed by atoms with Crippen LogP contribution in [0.1, 0.15) is 15.9 Å². The zero-order valence-corrected chi connectivity index (χ0v) is 16.3.